The zero-order valence-corrected chi connectivity index (χ0v) is 31.6. The van der Waals surface area contributed by atoms with Gasteiger partial charge in [0.25, 0.3) is 0 Å². The molecule has 0 fully saturated rings. The quantitative estimate of drug-likeness (QED) is 0.158. The van der Waals surface area contributed by atoms with E-state index in [-0.39, 0.29) is 5.56 Å². The molecule has 0 radical (unpaired) electrons. The van der Waals surface area contributed by atoms with Gasteiger partial charge < -0.3 is 14.0 Å². The second-order valence-corrected chi connectivity index (χ2v) is 14.8. The maximum Gasteiger partial charge on any atom is 0.0562 e. The molecule has 0 aliphatic rings. The minimum Gasteiger partial charge on any atom is -0.309 e. The van der Waals surface area contributed by atoms with Crippen LogP contribution < -0.4 is 4.90 Å². The summed E-state index contributed by atoms with van der Waals surface area (Å²) in [5.41, 5.74) is 13.9. The molecule has 0 bridgehead atoms. The third-order valence-corrected chi connectivity index (χ3v) is 11.4. The molecule has 0 amide bonds. The summed E-state index contributed by atoms with van der Waals surface area (Å²) in [6, 6.07) is 75.9. The third kappa shape index (κ3) is 5.51. The number of aryl methyl sites for hydroxylation is 1. The van der Waals surface area contributed by atoms with Gasteiger partial charge >= 0.3 is 0 Å². The smallest absolute Gasteiger partial charge is 0.0562 e. The first-order chi connectivity index (χ1) is 29.9. The topological polar surface area (TPSA) is 13.1 Å². The Morgan fingerprint density at radius 2 is 0.948 bits per heavy atom. The van der Waals surface area contributed by atoms with E-state index in [1.54, 1.807) is 6.07 Å². The molecule has 0 aliphatic carbocycles. The van der Waals surface area contributed by atoms with Crippen molar-refractivity contribution in [2.45, 2.75) is 6.85 Å². The lowest BCUT2D eigenvalue weighted by atomic mass is 9.99. The molecule has 0 aliphatic heterocycles. The molecule has 0 saturated carbocycles. The minimum absolute atomic E-state index is 0.288. The number of anilines is 3. The molecule has 3 nitrogen and oxygen atoms in total. The summed E-state index contributed by atoms with van der Waals surface area (Å²) >= 11 is 0. The number of aromatic nitrogens is 2. The van der Waals surface area contributed by atoms with E-state index >= 15 is 0 Å². The van der Waals surface area contributed by atoms with Gasteiger partial charge in [0.15, 0.2) is 0 Å². The van der Waals surface area contributed by atoms with Crippen molar-refractivity contribution in [1.29, 1.82) is 0 Å². The maximum absolute atomic E-state index is 8.41. The number of hydrogen-bond acceptors (Lipinski definition) is 1. The van der Waals surface area contributed by atoms with Gasteiger partial charge in [-0.3, -0.25) is 0 Å². The standard InChI is InChI=1S/C55H39N3/c1-38-16-14-21-44(36-38)58(53-29-15-28-52-55(53)48-24-10-13-27-51(48)56(52)42-19-6-3-7-20-42)49-25-11-8-22-45(49)41-32-35-47-46-23-9-12-26-50(46)57(54(47)37-41)43-33-30-40(31-34-43)39-17-4-2-5-18-39/h2-37H,1H3/i1D3. The van der Waals surface area contributed by atoms with Gasteiger partial charge in [-0.1, -0.05) is 146 Å². The predicted octanol–water partition coefficient (Wildman–Crippen LogP) is 15.0. The Kier molecular flexibility index (Phi) is 7.30. The number of para-hydroxylation sites is 4. The molecular weight excluding hydrogens is 703 g/mol. The zero-order chi connectivity index (χ0) is 41.1. The number of rotatable bonds is 7. The Morgan fingerprint density at radius 1 is 0.379 bits per heavy atom. The molecule has 0 atom stereocenters. The average Bonchev–Trinajstić information content (AvgIpc) is 3.83. The summed E-state index contributed by atoms with van der Waals surface area (Å²) in [7, 11) is 0. The summed E-state index contributed by atoms with van der Waals surface area (Å²) in [6.45, 7) is -2.28. The molecule has 274 valence electrons. The van der Waals surface area contributed by atoms with E-state index in [0.29, 0.717) is 0 Å². The third-order valence-electron chi connectivity index (χ3n) is 11.4. The van der Waals surface area contributed by atoms with E-state index in [2.05, 4.69) is 196 Å². The molecule has 0 spiro atoms. The van der Waals surface area contributed by atoms with Crippen LogP contribution in [-0.4, -0.2) is 9.13 Å². The van der Waals surface area contributed by atoms with Crippen LogP contribution in [-0.2, 0) is 0 Å². The Hall–Kier alpha value is -7.62. The minimum atomic E-state index is -2.28. The molecular formula is C55H39N3. The van der Waals surface area contributed by atoms with Crippen LogP contribution in [0.5, 0.6) is 0 Å². The van der Waals surface area contributed by atoms with E-state index < -0.39 is 6.85 Å². The van der Waals surface area contributed by atoms with Crippen LogP contribution in [0.4, 0.5) is 17.1 Å². The molecule has 11 aromatic rings. The van der Waals surface area contributed by atoms with Crippen molar-refractivity contribution < 1.29 is 4.11 Å². The van der Waals surface area contributed by atoms with Gasteiger partial charge in [0.1, 0.15) is 0 Å². The van der Waals surface area contributed by atoms with Crippen molar-refractivity contribution in [3.8, 4) is 33.6 Å². The maximum atomic E-state index is 8.41. The van der Waals surface area contributed by atoms with Crippen LogP contribution in [0.3, 0.4) is 0 Å². The predicted molar refractivity (Wildman–Crippen MR) is 245 cm³/mol. The lowest BCUT2D eigenvalue weighted by Gasteiger charge is -2.29. The molecule has 0 saturated heterocycles. The van der Waals surface area contributed by atoms with E-state index in [9.17, 15) is 0 Å². The lowest BCUT2D eigenvalue weighted by Crippen LogP contribution is -2.12. The summed E-state index contributed by atoms with van der Waals surface area (Å²) in [5, 5.41) is 4.54. The van der Waals surface area contributed by atoms with E-state index in [1.807, 2.05) is 30.3 Å². The molecule has 2 aromatic heterocycles. The van der Waals surface area contributed by atoms with Crippen LogP contribution >= 0.6 is 0 Å². The fraction of sp³-hybridized carbons (Fsp3) is 0.0182. The number of nitrogens with zero attached hydrogens (tertiary/aromatic N) is 3. The summed E-state index contributed by atoms with van der Waals surface area (Å²) in [4.78, 5) is 2.25. The Balaban J connectivity index is 1.15. The highest BCUT2D eigenvalue weighted by Crippen LogP contribution is 2.47. The molecule has 2 heterocycles. The average molecular weight is 745 g/mol. The van der Waals surface area contributed by atoms with Crippen molar-refractivity contribution in [2.24, 2.45) is 0 Å². The van der Waals surface area contributed by atoms with E-state index in [1.165, 1.54) is 21.9 Å². The van der Waals surface area contributed by atoms with Gasteiger partial charge in [-0.05, 0) is 102 Å². The lowest BCUT2D eigenvalue weighted by molar-refractivity contribution is 1.18. The molecule has 58 heavy (non-hydrogen) atoms. The second-order valence-electron chi connectivity index (χ2n) is 14.8. The van der Waals surface area contributed by atoms with Gasteiger partial charge in [-0.2, -0.15) is 0 Å². The van der Waals surface area contributed by atoms with Gasteiger partial charge in [0.2, 0.25) is 0 Å². The van der Waals surface area contributed by atoms with Crippen LogP contribution in [0.15, 0.2) is 218 Å². The fourth-order valence-electron chi connectivity index (χ4n) is 8.86. The van der Waals surface area contributed by atoms with Crippen molar-refractivity contribution in [2.75, 3.05) is 4.90 Å². The first-order valence-electron chi connectivity index (χ1n) is 21.2. The summed E-state index contributed by atoms with van der Waals surface area (Å²) in [6.07, 6.45) is 0. The highest BCUT2D eigenvalue weighted by molar-refractivity contribution is 6.17. The van der Waals surface area contributed by atoms with E-state index in [4.69, 9.17) is 4.11 Å². The second kappa shape index (κ2) is 13.8. The molecule has 0 N–H and O–H groups in total. The van der Waals surface area contributed by atoms with Crippen molar-refractivity contribution >= 4 is 60.7 Å². The summed E-state index contributed by atoms with van der Waals surface area (Å²) in [5.74, 6) is 0. The molecule has 11 rings (SSSR count). The Labute approximate surface area is 342 Å². The Morgan fingerprint density at radius 3 is 1.76 bits per heavy atom. The molecule has 9 aromatic carbocycles. The van der Waals surface area contributed by atoms with E-state index in [0.717, 1.165) is 72.4 Å². The zero-order valence-electron chi connectivity index (χ0n) is 34.6. The molecule has 3 heteroatoms. The number of benzene rings is 9. The first-order valence-corrected chi connectivity index (χ1v) is 19.7. The fourth-order valence-corrected chi connectivity index (χ4v) is 8.86. The van der Waals surface area contributed by atoms with Crippen molar-refractivity contribution in [3.63, 3.8) is 0 Å². The van der Waals surface area contributed by atoms with Gasteiger partial charge in [0, 0.05) is 48.3 Å². The van der Waals surface area contributed by atoms with Crippen molar-refractivity contribution in [3.05, 3.63) is 224 Å². The van der Waals surface area contributed by atoms with Gasteiger partial charge in [-0.15, -0.1) is 0 Å². The van der Waals surface area contributed by atoms with Gasteiger partial charge in [0.05, 0.1) is 33.4 Å². The highest BCUT2D eigenvalue weighted by Gasteiger charge is 2.23. The molecule has 0 unspecified atom stereocenters. The normalized spacial score (nSPS) is 12.5. The van der Waals surface area contributed by atoms with Gasteiger partial charge in [-0.25, -0.2) is 0 Å². The van der Waals surface area contributed by atoms with Crippen LogP contribution in [0, 0.1) is 6.85 Å². The Bertz CT molecular complexity index is 3400. The first kappa shape index (κ1) is 30.6. The van der Waals surface area contributed by atoms with Crippen molar-refractivity contribution in [1.82, 2.24) is 9.13 Å². The van der Waals surface area contributed by atoms with Crippen LogP contribution in [0.25, 0.3) is 77.2 Å². The monoisotopic (exact) mass is 744 g/mol. The SMILES string of the molecule is [2H]C([2H])([2H])c1cccc(N(c2ccccc2-c2ccc3c4ccccc4n(-c4ccc(-c5ccccc5)cc4)c3c2)c2cccc3c2c2ccccc2n3-c2ccccc2)c1. The number of hydrogen-bond donors (Lipinski definition) is 0. The highest BCUT2D eigenvalue weighted by atomic mass is 15.2. The largest absolute Gasteiger partial charge is 0.309 e. The number of fused-ring (bicyclic) bond motifs is 6. The van der Waals surface area contributed by atoms with Crippen LogP contribution in [0.2, 0.25) is 0 Å². The summed E-state index contributed by atoms with van der Waals surface area (Å²) < 4.78 is 29.9. The van der Waals surface area contributed by atoms with Crippen LogP contribution in [0.1, 0.15) is 9.68 Å².